The van der Waals surface area contributed by atoms with Gasteiger partial charge in [0.15, 0.2) is 11.5 Å². The van der Waals surface area contributed by atoms with Gasteiger partial charge in [0.05, 0.1) is 7.11 Å². The molecule has 4 nitrogen and oxygen atoms in total. The predicted molar refractivity (Wildman–Crippen MR) is 86.6 cm³/mol. The number of carbonyl (C=O) groups excluding carboxylic acids is 1. The molecule has 1 heterocycles. The van der Waals surface area contributed by atoms with E-state index in [2.05, 4.69) is 5.32 Å². The van der Waals surface area contributed by atoms with Gasteiger partial charge in [0.25, 0.3) is 0 Å². The number of rotatable bonds is 6. The molecular formula is C18H17NO3. The van der Waals surface area contributed by atoms with Gasteiger partial charge < -0.3 is 14.5 Å². The van der Waals surface area contributed by atoms with Gasteiger partial charge in [-0.2, -0.15) is 0 Å². The molecule has 112 valence electrons. The van der Waals surface area contributed by atoms with Crippen LogP contribution in [-0.4, -0.2) is 19.4 Å². The van der Waals surface area contributed by atoms with E-state index in [1.165, 1.54) is 0 Å². The number of fused-ring (bicyclic) bond motifs is 1. The number of para-hydroxylation sites is 1. The Morgan fingerprint density at radius 2 is 1.91 bits per heavy atom. The number of hydrogen-bond acceptors (Lipinski definition) is 4. The first-order chi connectivity index (χ1) is 10.8. The molecule has 0 saturated carbocycles. The van der Waals surface area contributed by atoms with Crippen molar-refractivity contribution in [3.05, 3.63) is 60.4 Å². The molecule has 22 heavy (non-hydrogen) atoms. The van der Waals surface area contributed by atoms with Gasteiger partial charge in [0, 0.05) is 24.0 Å². The number of nitrogens with one attached hydrogen (secondary N) is 1. The number of ketones is 1. The van der Waals surface area contributed by atoms with Crippen LogP contribution in [0.15, 0.2) is 59.0 Å². The zero-order chi connectivity index (χ0) is 15.4. The number of Topliss-reactive ketones (excluding diaryl/α,β-unsaturated/α-hetero) is 1. The maximum absolute atomic E-state index is 12.2. The van der Waals surface area contributed by atoms with Crippen LogP contribution in [0.2, 0.25) is 0 Å². The molecule has 0 aliphatic heterocycles. The average Bonchev–Trinajstić information content (AvgIpc) is 2.99. The Morgan fingerprint density at radius 3 is 2.64 bits per heavy atom. The van der Waals surface area contributed by atoms with E-state index in [9.17, 15) is 4.79 Å². The van der Waals surface area contributed by atoms with Crippen molar-refractivity contribution in [3.63, 3.8) is 0 Å². The van der Waals surface area contributed by atoms with Crippen molar-refractivity contribution in [2.75, 3.05) is 19.0 Å². The van der Waals surface area contributed by atoms with E-state index in [-0.39, 0.29) is 5.78 Å². The van der Waals surface area contributed by atoms with Crippen LogP contribution in [0, 0.1) is 0 Å². The maximum Gasteiger partial charge on any atom is 0.199 e. The fraction of sp³-hybridized carbons (Fsp3) is 0.167. The monoisotopic (exact) mass is 295 g/mol. The molecule has 3 aromatic rings. The summed E-state index contributed by atoms with van der Waals surface area (Å²) in [6, 6.07) is 17.0. The van der Waals surface area contributed by atoms with E-state index in [0.29, 0.717) is 18.7 Å². The lowest BCUT2D eigenvalue weighted by molar-refractivity contribution is 0.0962. The number of carbonyl (C=O) groups is 1. The van der Waals surface area contributed by atoms with Crippen molar-refractivity contribution in [1.82, 2.24) is 0 Å². The van der Waals surface area contributed by atoms with Gasteiger partial charge in [0.2, 0.25) is 0 Å². The van der Waals surface area contributed by atoms with E-state index in [4.69, 9.17) is 9.15 Å². The molecule has 0 aliphatic carbocycles. The Labute approximate surface area is 128 Å². The van der Waals surface area contributed by atoms with Crippen LogP contribution in [0.4, 0.5) is 5.69 Å². The normalized spacial score (nSPS) is 10.6. The molecule has 3 rings (SSSR count). The smallest absolute Gasteiger partial charge is 0.199 e. The Morgan fingerprint density at radius 1 is 1.14 bits per heavy atom. The van der Waals surface area contributed by atoms with E-state index in [1.54, 1.807) is 13.2 Å². The summed E-state index contributed by atoms with van der Waals surface area (Å²) in [5, 5.41) is 4.17. The third kappa shape index (κ3) is 3.11. The molecule has 1 aromatic heterocycles. The maximum atomic E-state index is 12.2. The molecule has 0 unspecified atom stereocenters. The summed E-state index contributed by atoms with van der Waals surface area (Å²) in [6.45, 7) is 0.558. The third-order valence-electron chi connectivity index (χ3n) is 3.47. The molecule has 0 radical (unpaired) electrons. The molecule has 0 bridgehead atoms. The Balaban J connectivity index is 1.57. The van der Waals surface area contributed by atoms with Gasteiger partial charge in [-0.15, -0.1) is 0 Å². The Bertz CT molecular complexity index is 741. The second-order valence-electron chi connectivity index (χ2n) is 4.98. The number of hydrogen-bond donors (Lipinski definition) is 1. The van der Waals surface area contributed by atoms with Gasteiger partial charge >= 0.3 is 0 Å². The predicted octanol–water partition coefficient (Wildman–Crippen LogP) is 4.13. The largest absolute Gasteiger partial charge is 0.497 e. The van der Waals surface area contributed by atoms with Crippen LogP contribution in [0.3, 0.4) is 0 Å². The molecule has 0 spiro atoms. The first-order valence-corrected chi connectivity index (χ1v) is 7.16. The summed E-state index contributed by atoms with van der Waals surface area (Å²) >= 11 is 0. The van der Waals surface area contributed by atoms with Gasteiger partial charge in [-0.25, -0.2) is 0 Å². The minimum atomic E-state index is -0.00258. The van der Waals surface area contributed by atoms with Crippen LogP contribution in [0.25, 0.3) is 11.0 Å². The van der Waals surface area contributed by atoms with Crippen LogP contribution in [-0.2, 0) is 0 Å². The number of anilines is 1. The van der Waals surface area contributed by atoms with Crippen molar-refractivity contribution < 1.29 is 13.9 Å². The SMILES string of the molecule is COc1ccc(NCCC(=O)c2cc3ccccc3o2)cc1. The van der Waals surface area contributed by atoms with E-state index < -0.39 is 0 Å². The summed E-state index contributed by atoms with van der Waals surface area (Å²) in [5.74, 6) is 1.22. The number of methoxy groups -OCH3 is 1. The van der Waals surface area contributed by atoms with Gasteiger partial charge in [-0.05, 0) is 36.4 Å². The number of benzene rings is 2. The molecule has 0 fully saturated rings. The molecule has 0 saturated heterocycles. The molecule has 0 aliphatic rings. The van der Waals surface area contributed by atoms with Crippen LogP contribution >= 0.6 is 0 Å². The lowest BCUT2D eigenvalue weighted by Crippen LogP contribution is -2.08. The second-order valence-corrected chi connectivity index (χ2v) is 4.98. The Hall–Kier alpha value is -2.75. The third-order valence-corrected chi connectivity index (χ3v) is 3.47. The molecular weight excluding hydrogens is 278 g/mol. The summed E-state index contributed by atoms with van der Waals surface area (Å²) < 4.78 is 10.7. The lowest BCUT2D eigenvalue weighted by Gasteiger charge is -2.06. The molecule has 2 aromatic carbocycles. The van der Waals surface area contributed by atoms with Crippen LogP contribution < -0.4 is 10.1 Å². The number of ether oxygens (including phenoxy) is 1. The van der Waals surface area contributed by atoms with Gasteiger partial charge in [0.1, 0.15) is 11.3 Å². The molecule has 4 heteroatoms. The highest BCUT2D eigenvalue weighted by Crippen LogP contribution is 2.20. The summed E-state index contributed by atoms with van der Waals surface area (Å²) in [4.78, 5) is 12.2. The lowest BCUT2D eigenvalue weighted by atomic mass is 10.2. The minimum Gasteiger partial charge on any atom is -0.497 e. The summed E-state index contributed by atoms with van der Waals surface area (Å²) in [5.41, 5.74) is 1.70. The summed E-state index contributed by atoms with van der Waals surface area (Å²) in [7, 11) is 1.63. The zero-order valence-corrected chi connectivity index (χ0v) is 12.3. The van der Waals surface area contributed by atoms with Crippen LogP contribution in [0.1, 0.15) is 17.0 Å². The average molecular weight is 295 g/mol. The summed E-state index contributed by atoms with van der Waals surface area (Å²) in [6.07, 6.45) is 0.381. The van der Waals surface area contributed by atoms with Crippen molar-refractivity contribution in [3.8, 4) is 5.75 Å². The van der Waals surface area contributed by atoms with E-state index in [1.807, 2.05) is 48.5 Å². The minimum absolute atomic E-state index is 0.00258. The van der Waals surface area contributed by atoms with Gasteiger partial charge in [-0.3, -0.25) is 4.79 Å². The highest BCUT2D eigenvalue weighted by atomic mass is 16.5. The highest BCUT2D eigenvalue weighted by Gasteiger charge is 2.11. The fourth-order valence-corrected chi connectivity index (χ4v) is 2.27. The molecule has 0 atom stereocenters. The first kappa shape index (κ1) is 14.2. The first-order valence-electron chi connectivity index (χ1n) is 7.16. The second kappa shape index (κ2) is 6.35. The quantitative estimate of drug-likeness (QED) is 0.695. The number of furan rings is 1. The standard InChI is InChI=1S/C18H17NO3/c1-21-15-8-6-14(7-9-15)19-11-10-16(20)18-12-13-4-2-3-5-17(13)22-18/h2-9,12,19H,10-11H2,1H3. The highest BCUT2D eigenvalue weighted by molar-refractivity contribution is 5.97. The molecule has 0 amide bonds. The van der Waals surface area contributed by atoms with E-state index in [0.717, 1.165) is 22.4 Å². The fourth-order valence-electron chi connectivity index (χ4n) is 2.27. The van der Waals surface area contributed by atoms with E-state index >= 15 is 0 Å². The zero-order valence-electron chi connectivity index (χ0n) is 12.3. The molecule has 1 N–H and O–H groups in total. The van der Waals surface area contributed by atoms with Crippen LogP contribution in [0.5, 0.6) is 5.75 Å². The van der Waals surface area contributed by atoms with Gasteiger partial charge in [-0.1, -0.05) is 18.2 Å². The van der Waals surface area contributed by atoms with Crippen molar-refractivity contribution in [2.24, 2.45) is 0 Å². The van der Waals surface area contributed by atoms with Crippen molar-refractivity contribution >= 4 is 22.4 Å². The van der Waals surface area contributed by atoms with Crippen molar-refractivity contribution in [1.29, 1.82) is 0 Å². The topological polar surface area (TPSA) is 51.5 Å². The Kier molecular flexibility index (Phi) is 4.10. The van der Waals surface area contributed by atoms with Crippen molar-refractivity contribution in [2.45, 2.75) is 6.42 Å².